The van der Waals surface area contributed by atoms with Crippen molar-refractivity contribution in [2.75, 3.05) is 12.9 Å². The summed E-state index contributed by atoms with van der Waals surface area (Å²) in [5, 5.41) is 20.4. The molecule has 0 aliphatic rings. The fourth-order valence-electron chi connectivity index (χ4n) is 2.49. The van der Waals surface area contributed by atoms with Gasteiger partial charge in [-0.2, -0.15) is 0 Å². The molecule has 2 heterocycles. The number of carboxylic acids is 1. The van der Waals surface area contributed by atoms with Crippen molar-refractivity contribution in [3.8, 4) is 11.4 Å². The molecule has 2 aromatic heterocycles. The zero-order chi connectivity index (χ0) is 20.1. The van der Waals surface area contributed by atoms with Crippen LogP contribution >= 0.6 is 23.5 Å². The molecule has 3 rings (SSSR count). The second-order valence-electron chi connectivity index (χ2n) is 5.81. The molecule has 0 aliphatic carbocycles. The third kappa shape index (κ3) is 5.02. The molecule has 146 valence electrons. The zero-order valence-corrected chi connectivity index (χ0v) is 17.2. The van der Waals surface area contributed by atoms with Crippen molar-refractivity contribution in [2.45, 2.75) is 29.9 Å². The lowest BCUT2D eigenvalue weighted by molar-refractivity contribution is -0.301. The maximum absolute atomic E-state index is 10.9. The second kappa shape index (κ2) is 9.07. The summed E-state index contributed by atoms with van der Waals surface area (Å²) >= 11 is 2.51. The third-order valence-corrected chi connectivity index (χ3v) is 5.39. The molecule has 1 aromatic carbocycles. The van der Waals surface area contributed by atoms with Crippen LogP contribution in [0.3, 0.4) is 0 Å². The summed E-state index contributed by atoms with van der Waals surface area (Å²) in [6.45, 7) is 3.85. The van der Waals surface area contributed by atoms with Crippen LogP contribution in [-0.2, 0) is 10.5 Å². The van der Waals surface area contributed by atoms with Crippen molar-refractivity contribution < 1.29 is 14.6 Å². The van der Waals surface area contributed by atoms with Gasteiger partial charge < -0.3 is 14.6 Å². The zero-order valence-electron chi connectivity index (χ0n) is 15.6. The van der Waals surface area contributed by atoms with E-state index in [4.69, 9.17) is 4.74 Å². The molecule has 0 radical (unpaired) electrons. The lowest BCUT2D eigenvalue weighted by Gasteiger charge is -2.11. The van der Waals surface area contributed by atoms with Crippen LogP contribution in [0.15, 0.2) is 40.6 Å². The predicted molar refractivity (Wildman–Crippen MR) is 105 cm³/mol. The highest BCUT2D eigenvalue weighted by molar-refractivity contribution is 7.99. The van der Waals surface area contributed by atoms with Crippen LogP contribution < -0.4 is 9.84 Å². The molecule has 0 amide bonds. The molecule has 0 saturated carbocycles. The van der Waals surface area contributed by atoms with Crippen molar-refractivity contribution in [3.63, 3.8) is 0 Å². The first-order chi connectivity index (χ1) is 13.5. The Balaban J connectivity index is 1.89. The SMILES string of the molecule is COc1ccc(-n2c(CSc3nc(C)cc(C)n3)nnc2SCC(=O)[O-])cc1. The number of ether oxygens (including phenoxy) is 1. The summed E-state index contributed by atoms with van der Waals surface area (Å²) in [5.41, 5.74) is 2.61. The van der Waals surface area contributed by atoms with Gasteiger partial charge in [0.25, 0.3) is 0 Å². The van der Waals surface area contributed by atoms with E-state index < -0.39 is 5.97 Å². The van der Waals surface area contributed by atoms with Gasteiger partial charge in [-0.05, 0) is 44.2 Å². The topological polar surface area (TPSA) is 106 Å². The highest BCUT2D eigenvalue weighted by Crippen LogP contribution is 2.27. The number of aromatic nitrogens is 5. The standard InChI is InChI=1S/C18H19N5O3S2/c1-11-8-12(2)20-17(19-11)27-9-15-21-22-18(28-10-16(24)25)23(15)13-4-6-14(26-3)7-5-13/h4-8H,9-10H2,1-3H3,(H,24,25)/p-1. The number of carbonyl (C=O) groups excluding carboxylic acids is 1. The highest BCUT2D eigenvalue weighted by atomic mass is 32.2. The quantitative estimate of drug-likeness (QED) is 0.401. The van der Waals surface area contributed by atoms with Crippen LogP contribution in [0.1, 0.15) is 17.2 Å². The molecule has 0 atom stereocenters. The van der Waals surface area contributed by atoms with E-state index in [2.05, 4.69) is 20.2 Å². The number of methoxy groups -OCH3 is 1. The highest BCUT2D eigenvalue weighted by Gasteiger charge is 2.16. The lowest BCUT2D eigenvalue weighted by atomic mass is 10.3. The Morgan fingerprint density at radius 2 is 1.79 bits per heavy atom. The molecule has 0 bridgehead atoms. The fourth-order valence-corrected chi connectivity index (χ4v) is 4.04. The molecular weight excluding hydrogens is 398 g/mol. The van der Waals surface area contributed by atoms with Crippen LogP contribution in [0.5, 0.6) is 5.75 Å². The van der Waals surface area contributed by atoms with Gasteiger partial charge in [-0.25, -0.2) is 9.97 Å². The Bertz CT molecular complexity index is 956. The number of rotatable bonds is 8. The first-order valence-electron chi connectivity index (χ1n) is 8.32. The van der Waals surface area contributed by atoms with E-state index in [0.29, 0.717) is 21.9 Å². The Labute approximate surface area is 170 Å². The van der Waals surface area contributed by atoms with E-state index in [1.807, 2.05) is 48.7 Å². The van der Waals surface area contributed by atoms with Gasteiger partial charge in [0, 0.05) is 22.8 Å². The smallest absolute Gasteiger partial charge is 0.196 e. The monoisotopic (exact) mass is 416 g/mol. The van der Waals surface area contributed by atoms with E-state index in [-0.39, 0.29) is 5.75 Å². The van der Waals surface area contributed by atoms with Gasteiger partial charge in [0.05, 0.1) is 18.8 Å². The number of carboxylic acid groups (broad SMARTS) is 1. The van der Waals surface area contributed by atoms with Crippen molar-refractivity contribution in [2.24, 2.45) is 0 Å². The van der Waals surface area contributed by atoms with Gasteiger partial charge in [0.15, 0.2) is 10.3 Å². The minimum atomic E-state index is -1.16. The van der Waals surface area contributed by atoms with E-state index in [1.54, 1.807) is 7.11 Å². The molecule has 0 aliphatic heterocycles. The fraction of sp³-hybridized carbons (Fsp3) is 0.278. The van der Waals surface area contributed by atoms with Crippen LogP contribution in [-0.4, -0.2) is 43.6 Å². The number of hydrogen-bond acceptors (Lipinski definition) is 9. The van der Waals surface area contributed by atoms with Crippen molar-refractivity contribution >= 4 is 29.5 Å². The van der Waals surface area contributed by atoms with Gasteiger partial charge >= 0.3 is 0 Å². The van der Waals surface area contributed by atoms with Crippen LogP contribution in [0.4, 0.5) is 0 Å². The first-order valence-corrected chi connectivity index (χ1v) is 10.3. The Kier molecular flexibility index (Phi) is 6.53. The summed E-state index contributed by atoms with van der Waals surface area (Å²) in [6, 6.07) is 9.30. The first kappa shape index (κ1) is 20.2. The van der Waals surface area contributed by atoms with Crippen molar-refractivity contribution in [3.05, 3.63) is 47.5 Å². The second-order valence-corrected chi connectivity index (χ2v) is 7.70. The molecular formula is C18H18N5O3S2-. The summed E-state index contributed by atoms with van der Waals surface area (Å²) in [5.74, 6) is 0.503. The summed E-state index contributed by atoms with van der Waals surface area (Å²) < 4.78 is 7.02. The minimum Gasteiger partial charge on any atom is -0.549 e. The van der Waals surface area contributed by atoms with E-state index in [1.165, 1.54) is 11.8 Å². The van der Waals surface area contributed by atoms with Gasteiger partial charge in [0.2, 0.25) is 0 Å². The average Bonchev–Trinajstić information content (AvgIpc) is 3.07. The number of aliphatic carboxylic acids is 1. The van der Waals surface area contributed by atoms with Gasteiger partial charge in [-0.3, -0.25) is 4.57 Å². The van der Waals surface area contributed by atoms with Gasteiger partial charge in [-0.15, -0.1) is 10.2 Å². The minimum absolute atomic E-state index is 0.207. The van der Waals surface area contributed by atoms with Crippen molar-refractivity contribution in [1.82, 2.24) is 24.7 Å². The van der Waals surface area contributed by atoms with Crippen LogP contribution in [0.2, 0.25) is 0 Å². The van der Waals surface area contributed by atoms with E-state index in [9.17, 15) is 9.90 Å². The van der Waals surface area contributed by atoms with E-state index >= 15 is 0 Å². The normalized spacial score (nSPS) is 10.8. The summed E-state index contributed by atoms with van der Waals surface area (Å²) in [7, 11) is 1.60. The average molecular weight is 417 g/mol. The largest absolute Gasteiger partial charge is 0.549 e. The Morgan fingerprint density at radius 1 is 1.11 bits per heavy atom. The number of nitrogens with zero attached hydrogens (tertiary/aromatic N) is 5. The number of carbonyl (C=O) groups is 1. The summed E-state index contributed by atoms with van der Waals surface area (Å²) in [6.07, 6.45) is 0. The Hall–Kier alpha value is -2.59. The predicted octanol–water partition coefficient (Wildman–Crippen LogP) is 1.82. The van der Waals surface area contributed by atoms with E-state index in [0.717, 1.165) is 34.6 Å². The third-order valence-electron chi connectivity index (χ3n) is 3.64. The van der Waals surface area contributed by atoms with Crippen molar-refractivity contribution in [1.29, 1.82) is 0 Å². The molecule has 0 unspecified atom stereocenters. The molecule has 0 spiro atoms. The van der Waals surface area contributed by atoms with Crippen LogP contribution in [0, 0.1) is 13.8 Å². The molecule has 3 aromatic rings. The maximum atomic E-state index is 10.9. The number of thioether (sulfide) groups is 2. The molecule has 0 fully saturated rings. The molecule has 28 heavy (non-hydrogen) atoms. The molecule has 10 heteroatoms. The lowest BCUT2D eigenvalue weighted by Crippen LogP contribution is -2.24. The molecule has 8 nitrogen and oxygen atoms in total. The van der Waals surface area contributed by atoms with Gasteiger partial charge in [-0.1, -0.05) is 23.5 Å². The Morgan fingerprint density at radius 3 is 2.39 bits per heavy atom. The molecule has 0 saturated heterocycles. The number of benzene rings is 1. The maximum Gasteiger partial charge on any atom is 0.196 e. The molecule has 0 N–H and O–H groups in total. The summed E-state index contributed by atoms with van der Waals surface area (Å²) in [4.78, 5) is 19.7. The van der Waals surface area contributed by atoms with Gasteiger partial charge in [0.1, 0.15) is 11.6 Å². The van der Waals surface area contributed by atoms with Crippen LogP contribution in [0.25, 0.3) is 5.69 Å². The number of hydrogen-bond donors (Lipinski definition) is 0. The number of aryl methyl sites for hydroxylation is 2.